The lowest BCUT2D eigenvalue weighted by atomic mass is 10.1. The van der Waals surface area contributed by atoms with Gasteiger partial charge in [-0.3, -0.25) is 9.58 Å². The maximum absolute atomic E-state index is 4.63. The molecule has 0 bridgehead atoms. The van der Waals surface area contributed by atoms with E-state index < -0.39 is 0 Å². The van der Waals surface area contributed by atoms with E-state index in [4.69, 9.17) is 0 Å². The van der Waals surface area contributed by atoms with Gasteiger partial charge in [-0.15, -0.1) is 0 Å². The summed E-state index contributed by atoms with van der Waals surface area (Å²) in [6.45, 7) is 7.61. The smallest absolute Gasteiger partial charge is 0.0764 e. The van der Waals surface area contributed by atoms with E-state index in [1.54, 1.807) is 0 Å². The van der Waals surface area contributed by atoms with E-state index in [0.29, 0.717) is 12.1 Å². The van der Waals surface area contributed by atoms with Crippen LogP contribution in [0.2, 0.25) is 0 Å². The normalized spacial score (nSPS) is 21.5. The van der Waals surface area contributed by atoms with Crippen LogP contribution in [0, 0.1) is 0 Å². The number of nitrogens with one attached hydrogen (secondary N) is 1. The minimum absolute atomic E-state index is 0.450. The summed E-state index contributed by atoms with van der Waals surface area (Å²) in [7, 11) is 2.23. The third-order valence-electron chi connectivity index (χ3n) is 3.77. The van der Waals surface area contributed by atoms with Gasteiger partial charge in [-0.1, -0.05) is 0 Å². The first kappa shape index (κ1) is 13.6. The van der Waals surface area contributed by atoms with Crippen molar-refractivity contribution in [2.24, 2.45) is 0 Å². The number of rotatable bonds is 4. The number of nitrogens with zero attached hydrogens (tertiary/aromatic N) is 3. The molecule has 1 aromatic rings. The number of hydrogen-bond donors (Lipinski definition) is 1. The van der Waals surface area contributed by atoms with Crippen molar-refractivity contribution in [2.45, 2.75) is 51.7 Å². The van der Waals surface area contributed by atoms with Gasteiger partial charge >= 0.3 is 0 Å². The van der Waals surface area contributed by atoms with Crippen LogP contribution in [-0.4, -0.2) is 40.9 Å². The first-order valence-electron chi connectivity index (χ1n) is 7.12. The van der Waals surface area contributed by atoms with Gasteiger partial charge in [-0.2, -0.15) is 5.10 Å². The van der Waals surface area contributed by atoms with Gasteiger partial charge < -0.3 is 5.32 Å². The van der Waals surface area contributed by atoms with Crippen molar-refractivity contribution in [2.75, 3.05) is 20.1 Å². The maximum atomic E-state index is 4.63. The highest BCUT2D eigenvalue weighted by atomic mass is 15.3. The Kier molecular flexibility index (Phi) is 4.78. The van der Waals surface area contributed by atoms with E-state index in [1.165, 1.54) is 31.5 Å². The number of hydrogen-bond acceptors (Lipinski definition) is 3. The molecule has 0 saturated carbocycles. The van der Waals surface area contributed by atoms with E-state index in [9.17, 15) is 0 Å². The summed E-state index contributed by atoms with van der Waals surface area (Å²) in [6, 6.07) is 3.29. The summed E-state index contributed by atoms with van der Waals surface area (Å²) in [5, 5.41) is 8.10. The summed E-state index contributed by atoms with van der Waals surface area (Å²) < 4.78 is 2.04. The molecule has 102 valence electrons. The van der Waals surface area contributed by atoms with Gasteiger partial charge in [0.25, 0.3) is 0 Å². The predicted molar refractivity (Wildman–Crippen MR) is 74.6 cm³/mol. The Bertz CT molecular complexity index is 350. The predicted octanol–water partition coefficient (Wildman–Crippen LogP) is 2.04. The molecule has 1 aliphatic rings. The van der Waals surface area contributed by atoms with Crippen LogP contribution in [0.15, 0.2) is 12.3 Å². The van der Waals surface area contributed by atoms with Crippen molar-refractivity contribution in [1.82, 2.24) is 20.0 Å². The van der Waals surface area contributed by atoms with Crippen molar-refractivity contribution >= 4 is 0 Å². The maximum Gasteiger partial charge on any atom is 0.0764 e. The third kappa shape index (κ3) is 3.56. The van der Waals surface area contributed by atoms with Crippen molar-refractivity contribution in [3.8, 4) is 0 Å². The fraction of sp³-hybridized carbons (Fsp3) is 0.786. The Labute approximate surface area is 110 Å². The number of aromatic nitrogens is 2. The van der Waals surface area contributed by atoms with E-state index in [0.717, 1.165) is 13.1 Å². The largest absolute Gasteiger partial charge is 0.317 e. The molecule has 1 atom stereocenters. The van der Waals surface area contributed by atoms with Crippen LogP contribution in [0.25, 0.3) is 0 Å². The summed E-state index contributed by atoms with van der Waals surface area (Å²) in [4.78, 5) is 2.46. The molecule has 1 saturated heterocycles. The highest BCUT2D eigenvalue weighted by Crippen LogP contribution is 2.14. The molecule has 0 spiro atoms. The first-order valence-corrected chi connectivity index (χ1v) is 7.12. The van der Waals surface area contributed by atoms with E-state index in [-0.39, 0.29) is 0 Å². The van der Waals surface area contributed by atoms with Gasteiger partial charge in [0.05, 0.1) is 5.69 Å². The van der Waals surface area contributed by atoms with Gasteiger partial charge in [0.1, 0.15) is 0 Å². The molecule has 2 heterocycles. The van der Waals surface area contributed by atoms with Crippen molar-refractivity contribution < 1.29 is 0 Å². The SMILES string of the molecule is CC(C)n1ccc(CN(C)C2CCCNCC2)n1. The summed E-state index contributed by atoms with van der Waals surface area (Å²) >= 11 is 0. The second kappa shape index (κ2) is 6.34. The molecule has 1 unspecified atom stereocenters. The lowest BCUT2D eigenvalue weighted by Gasteiger charge is -2.25. The summed E-state index contributed by atoms with van der Waals surface area (Å²) in [5.41, 5.74) is 1.18. The molecule has 1 fully saturated rings. The fourth-order valence-electron chi connectivity index (χ4n) is 2.58. The Morgan fingerprint density at radius 2 is 2.28 bits per heavy atom. The zero-order chi connectivity index (χ0) is 13.0. The Hall–Kier alpha value is -0.870. The average Bonchev–Trinajstić information content (AvgIpc) is 2.64. The van der Waals surface area contributed by atoms with Crippen LogP contribution < -0.4 is 5.32 Å². The molecular formula is C14H26N4. The molecule has 0 aromatic carbocycles. The molecule has 0 aliphatic carbocycles. The summed E-state index contributed by atoms with van der Waals surface area (Å²) in [5.74, 6) is 0. The van der Waals surface area contributed by atoms with Crippen LogP contribution in [0.5, 0.6) is 0 Å². The van der Waals surface area contributed by atoms with Crippen LogP contribution >= 0.6 is 0 Å². The first-order chi connectivity index (χ1) is 8.66. The Balaban J connectivity index is 1.90. The van der Waals surface area contributed by atoms with E-state index in [1.807, 2.05) is 4.68 Å². The van der Waals surface area contributed by atoms with Crippen molar-refractivity contribution in [3.05, 3.63) is 18.0 Å². The van der Waals surface area contributed by atoms with Gasteiger partial charge in [-0.25, -0.2) is 0 Å². The van der Waals surface area contributed by atoms with Crippen LogP contribution in [0.4, 0.5) is 0 Å². The highest BCUT2D eigenvalue weighted by Gasteiger charge is 2.17. The van der Waals surface area contributed by atoms with Gasteiger partial charge in [0.15, 0.2) is 0 Å². The molecule has 0 radical (unpaired) electrons. The minimum atomic E-state index is 0.450. The van der Waals surface area contributed by atoms with Gasteiger partial charge in [0.2, 0.25) is 0 Å². The lowest BCUT2D eigenvalue weighted by molar-refractivity contribution is 0.213. The molecule has 4 heteroatoms. The topological polar surface area (TPSA) is 33.1 Å². The van der Waals surface area contributed by atoms with E-state index >= 15 is 0 Å². The van der Waals surface area contributed by atoms with Crippen molar-refractivity contribution in [1.29, 1.82) is 0 Å². The second-order valence-electron chi connectivity index (χ2n) is 5.63. The molecule has 4 nitrogen and oxygen atoms in total. The molecule has 0 amide bonds. The zero-order valence-corrected chi connectivity index (χ0v) is 11.9. The second-order valence-corrected chi connectivity index (χ2v) is 5.63. The molecular weight excluding hydrogens is 224 g/mol. The summed E-state index contributed by atoms with van der Waals surface area (Å²) in [6.07, 6.45) is 5.92. The average molecular weight is 250 g/mol. The Morgan fingerprint density at radius 3 is 3.00 bits per heavy atom. The zero-order valence-electron chi connectivity index (χ0n) is 11.9. The molecule has 1 N–H and O–H groups in total. The Morgan fingerprint density at radius 1 is 1.44 bits per heavy atom. The lowest BCUT2D eigenvalue weighted by Crippen LogP contribution is -2.32. The molecule has 1 aromatic heterocycles. The monoisotopic (exact) mass is 250 g/mol. The quantitative estimate of drug-likeness (QED) is 0.887. The highest BCUT2D eigenvalue weighted by molar-refractivity contribution is 4.99. The molecule has 1 aliphatic heterocycles. The van der Waals surface area contributed by atoms with Crippen LogP contribution in [-0.2, 0) is 6.54 Å². The molecule has 18 heavy (non-hydrogen) atoms. The van der Waals surface area contributed by atoms with Crippen LogP contribution in [0.3, 0.4) is 0 Å². The third-order valence-corrected chi connectivity index (χ3v) is 3.77. The molecule has 2 rings (SSSR count). The van der Waals surface area contributed by atoms with Crippen molar-refractivity contribution in [3.63, 3.8) is 0 Å². The van der Waals surface area contributed by atoms with Gasteiger partial charge in [0, 0.05) is 24.8 Å². The standard InChI is InChI=1S/C14H26N4/c1-12(2)18-10-7-13(16-18)11-17(3)14-5-4-8-15-9-6-14/h7,10,12,14-15H,4-6,8-9,11H2,1-3H3. The fourth-order valence-corrected chi connectivity index (χ4v) is 2.58. The van der Waals surface area contributed by atoms with Gasteiger partial charge in [-0.05, 0) is 59.3 Å². The van der Waals surface area contributed by atoms with Crippen LogP contribution in [0.1, 0.15) is 44.8 Å². The van der Waals surface area contributed by atoms with E-state index in [2.05, 4.69) is 48.5 Å². The minimum Gasteiger partial charge on any atom is -0.317 e.